The standard InChI is InChI=1S/C32H39Cl2N3O6S/c1-6-8-17-35-32(39)28(7-2)36(20-23-11-12-24(33)18-27(23)34)31(38)21-37(29-19-25(42-4)13-16-30(29)43-5)44(40,41)26-14-9-22(3)10-15-26/h9-16,18-19,28H,6-8,17,20-21H2,1-5H3,(H,35,39). The van der Waals surface area contributed by atoms with Crippen LogP contribution in [-0.2, 0) is 26.2 Å². The number of sulfonamides is 1. The van der Waals surface area contributed by atoms with Gasteiger partial charge in [0.1, 0.15) is 24.1 Å². The highest BCUT2D eigenvalue weighted by Gasteiger charge is 2.35. The van der Waals surface area contributed by atoms with Crippen LogP contribution in [0.2, 0.25) is 10.0 Å². The van der Waals surface area contributed by atoms with Gasteiger partial charge in [-0.2, -0.15) is 0 Å². The molecule has 0 fully saturated rings. The van der Waals surface area contributed by atoms with Gasteiger partial charge in [-0.05, 0) is 61.7 Å². The molecule has 0 spiro atoms. The van der Waals surface area contributed by atoms with Gasteiger partial charge in [0.15, 0.2) is 0 Å². The summed E-state index contributed by atoms with van der Waals surface area (Å²) in [4.78, 5) is 29.1. The fourth-order valence-corrected chi connectivity index (χ4v) is 6.49. The molecule has 3 aromatic carbocycles. The van der Waals surface area contributed by atoms with Gasteiger partial charge in [0, 0.05) is 29.2 Å². The van der Waals surface area contributed by atoms with Gasteiger partial charge >= 0.3 is 0 Å². The maximum absolute atomic E-state index is 14.3. The van der Waals surface area contributed by atoms with E-state index in [2.05, 4.69) is 5.32 Å². The number of amides is 2. The summed E-state index contributed by atoms with van der Waals surface area (Å²) in [5, 5.41) is 3.64. The summed E-state index contributed by atoms with van der Waals surface area (Å²) in [6, 6.07) is 15.0. The fourth-order valence-electron chi connectivity index (χ4n) is 4.60. The summed E-state index contributed by atoms with van der Waals surface area (Å²) in [5.74, 6) is -0.379. The number of nitrogens with zero attached hydrogens (tertiary/aromatic N) is 2. The fraction of sp³-hybridized carbons (Fsp3) is 0.375. The van der Waals surface area contributed by atoms with Gasteiger partial charge in [0.2, 0.25) is 11.8 Å². The number of hydrogen-bond donors (Lipinski definition) is 1. The first-order valence-corrected chi connectivity index (χ1v) is 16.5. The van der Waals surface area contributed by atoms with Crippen LogP contribution in [0.5, 0.6) is 11.5 Å². The molecule has 12 heteroatoms. The molecular formula is C32H39Cl2N3O6S. The normalized spacial score (nSPS) is 11.9. The molecule has 0 heterocycles. The van der Waals surface area contributed by atoms with E-state index in [1.165, 1.54) is 37.3 Å². The lowest BCUT2D eigenvalue weighted by molar-refractivity contribution is -0.140. The number of ether oxygens (including phenoxy) is 2. The molecule has 0 radical (unpaired) electrons. The Labute approximate surface area is 270 Å². The average molecular weight is 665 g/mol. The summed E-state index contributed by atoms with van der Waals surface area (Å²) in [5.41, 5.74) is 1.53. The molecule has 2 amide bonds. The monoisotopic (exact) mass is 663 g/mol. The number of nitrogens with one attached hydrogen (secondary N) is 1. The maximum Gasteiger partial charge on any atom is 0.264 e. The van der Waals surface area contributed by atoms with E-state index in [-0.39, 0.29) is 35.2 Å². The molecule has 238 valence electrons. The van der Waals surface area contributed by atoms with E-state index < -0.39 is 28.5 Å². The SMILES string of the molecule is CCCCNC(=O)C(CC)N(Cc1ccc(Cl)cc1Cl)C(=O)CN(c1cc(OC)ccc1OC)S(=O)(=O)c1ccc(C)cc1. The molecule has 0 aliphatic carbocycles. The van der Waals surface area contributed by atoms with Gasteiger partial charge in [-0.25, -0.2) is 8.42 Å². The number of benzene rings is 3. The van der Waals surface area contributed by atoms with E-state index in [9.17, 15) is 18.0 Å². The topological polar surface area (TPSA) is 105 Å². The van der Waals surface area contributed by atoms with Crippen LogP contribution in [0.1, 0.15) is 44.2 Å². The first-order valence-electron chi connectivity index (χ1n) is 14.3. The first kappa shape index (κ1) is 35.0. The first-order chi connectivity index (χ1) is 21.0. The Morgan fingerprint density at radius 2 is 1.66 bits per heavy atom. The van der Waals surface area contributed by atoms with Crippen molar-refractivity contribution in [1.82, 2.24) is 10.2 Å². The highest BCUT2D eigenvalue weighted by molar-refractivity contribution is 7.92. The highest BCUT2D eigenvalue weighted by atomic mass is 35.5. The lowest BCUT2D eigenvalue weighted by Gasteiger charge is -2.33. The molecule has 3 rings (SSSR count). The van der Waals surface area contributed by atoms with Crippen molar-refractivity contribution in [3.05, 3.63) is 81.8 Å². The van der Waals surface area contributed by atoms with Crippen LogP contribution in [-0.4, -0.2) is 58.5 Å². The molecule has 0 bridgehead atoms. The molecule has 0 aliphatic rings. The third kappa shape index (κ3) is 8.58. The second-order valence-electron chi connectivity index (χ2n) is 10.2. The van der Waals surface area contributed by atoms with Crippen LogP contribution in [0.3, 0.4) is 0 Å². The number of anilines is 1. The van der Waals surface area contributed by atoms with Crippen molar-refractivity contribution in [1.29, 1.82) is 0 Å². The molecule has 44 heavy (non-hydrogen) atoms. The van der Waals surface area contributed by atoms with E-state index >= 15 is 0 Å². The summed E-state index contributed by atoms with van der Waals surface area (Å²) in [7, 11) is -1.44. The molecule has 3 aromatic rings. The predicted molar refractivity (Wildman–Crippen MR) is 174 cm³/mol. The van der Waals surface area contributed by atoms with Crippen LogP contribution in [0.15, 0.2) is 65.6 Å². The van der Waals surface area contributed by atoms with E-state index in [1.54, 1.807) is 49.4 Å². The lowest BCUT2D eigenvalue weighted by atomic mass is 10.1. The quantitative estimate of drug-likeness (QED) is 0.193. The molecule has 1 atom stereocenters. The number of rotatable bonds is 15. The van der Waals surface area contributed by atoms with Crippen LogP contribution in [0.4, 0.5) is 5.69 Å². The van der Waals surface area contributed by atoms with E-state index in [0.29, 0.717) is 27.9 Å². The second-order valence-corrected chi connectivity index (χ2v) is 12.9. The average Bonchev–Trinajstić information content (AvgIpc) is 3.00. The molecule has 0 saturated heterocycles. The van der Waals surface area contributed by atoms with Crippen molar-refractivity contribution in [2.24, 2.45) is 0 Å². The minimum Gasteiger partial charge on any atom is -0.497 e. The highest BCUT2D eigenvalue weighted by Crippen LogP contribution is 2.36. The van der Waals surface area contributed by atoms with Gasteiger partial charge < -0.3 is 19.7 Å². The number of hydrogen-bond acceptors (Lipinski definition) is 6. The Bertz CT molecular complexity index is 1550. The van der Waals surface area contributed by atoms with Gasteiger partial charge in [-0.3, -0.25) is 13.9 Å². The summed E-state index contributed by atoms with van der Waals surface area (Å²) in [6.07, 6.45) is 1.94. The predicted octanol–water partition coefficient (Wildman–Crippen LogP) is 6.24. The Morgan fingerprint density at radius 3 is 2.25 bits per heavy atom. The van der Waals surface area contributed by atoms with Crippen molar-refractivity contribution in [2.45, 2.75) is 57.5 Å². The third-order valence-corrected chi connectivity index (χ3v) is 9.47. The minimum absolute atomic E-state index is 0.0163. The Morgan fingerprint density at radius 1 is 0.955 bits per heavy atom. The number of aryl methyl sites for hydroxylation is 1. The van der Waals surface area contributed by atoms with Crippen LogP contribution in [0.25, 0.3) is 0 Å². The number of unbranched alkanes of at least 4 members (excludes halogenated alkanes) is 1. The van der Waals surface area contributed by atoms with E-state index in [4.69, 9.17) is 32.7 Å². The molecule has 9 nitrogen and oxygen atoms in total. The summed E-state index contributed by atoms with van der Waals surface area (Å²) >= 11 is 12.6. The molecule has 0 aromatic heterocycles. The Hall–Kier alpha value is -3.47. The molecule has 0 aliphatic heterocycles. The number of carbonyl (C=O) groups is 2. The molecule has 1 N–H and O–H groups in total. The summed E-state index contributed by atoms with van der Waals surface area (Å²) < 4.78 is 40.3. The minimum atomic E-state index is -4.31. The van der Waals surface area contributed by atoms with Gasteiger partial charge in [-0.1, -0.05) is 67.2 Å². The van der Waals surface area contributed by atoms with Crippen LogP contribution < -0.4 is 19.1 Å². The van der Waals surface area contributed by atoms with Crippen molar-refractivity contribution >= 4 is 50.7 Å². The van der Waals surface area contributed by atoms with Gasteiger partial charge in [0.05, 0.1) is 24.8 Å². The number of methoxy groups -OCH3 is 2. The number of halogens is 2. The van der Waals surface area contributed by atoms with Crippen molar-refractivity contribution in [2.75, 3.05) is 31.6 Å². The molecule has 0 saturated carbocycles. The zero-order valence-corrected chi connectivity index (χ0v) is 27.9. The zero-order chi connectivity index (χ0) is 32.4. The van der Waals surface area contributed by atoms with Gasteiger partial charge in [-0.15, -0.1) is 0 Å². The van der Waals surface area contributed by atoms with E-state index in [0.717, 1.165) is 22.7 Å². The van der Waals surface area contributed by atoms with E-state index in [1.807, 2.05) is 13.8 Å². The number of carbonyl (C=O) groups excluding carboxylic acids is 2. The second kappa shape index (κ2) is 16.0. The maximum atomic E-state index is 14.3. The smallest absolute Gasteiger partial charge is 0.264 e. The van der Waals surface area contributed by atoms with Crippen molar-refractivity contribution < 1.29 is 27.5 Å². The van der Waals surface area contributed by atoms with Crippen LogP contribution in [0, 0.1) is 6.92 Å². The van der Waals surface area contributed by atoms with Crippen LogP contribution >= 0.6 is 23.2 Å². The van der Waals surface area contributed by atoms with Crippen molar-refractivity contribution in [3.8, 4) is 11.5 Å². The largest absolute Gasteiger partial charge is 0.497 e. The Kier molecular flexibility index (Phi) is 12.7. The molecular weight excluding hydrogens is 625 g/mol. The zero-order valence-electron chi connectivity index (χ0n) is 25.6. The Balaban J connectivity index is 2.15. The van der Waals surface area contributed by atoms with Crippen molar-refractivity contribution in [3.63, 3.8) is 0 Å². The molecule has 1 unspecified atom stereocenters. The summed E-state index contributed by atoms with van der Waals surface area (Å²) in [6.45, 7) is 5.41. The van der Waals surface area contributed by atoms with Gasteiger partial charge in [0.25, 0.3) is 10.0 Å². The third-order valence-electron chi connectivity index (χ3n) is 7.11. The lowest BCUT2D eigenvalue weighted by Crippen LogP contribution is -2.52.